The smallest absolute Gasteiger partial charge is 0.272 e. The van der Waals surface area contributed by atoms with Crippen molar-refractivity contribution in [2.45, 2.75) is 25.9 Å². The third-order valence-electron chi connectivity index (χ3n) is 5.48. The Labute approximate surface area is 214 Å². The van der Waals surface area contributed by atoms with Gasteiger partial charge in [0.05, 0.1) is 23.4 Å². The molecule has 34 heavy (non-hydrogen) atoms. The van der Waals surface area contributed by atoms with Crippen molar-refractivity contribution in [2.24, 2.45) is 0 Å². The number of nitrogens with zero attached hydrogens (tertiary/aromatic N) is 3. The molecule has 1 saturated heterocycles. The van der Waals surface area contributed by atoms with Crippen LogP contribution in [0.25, 0.3) is 10.2 Å². The summed E-state index contributed by atoms with van der Waals surface area (Å²) in [5.74, 6) is 0.0191. The largest absolute Gasteiger partial charge is 0.478 e. The third-order valence-corrected chi connectivity index (χ3v) is 6.77. The number of carbonyl (C=O) groups is 1. The second kappa shape index (κ2) is 11.6. The van der Waals surface area contributed by atoms with Crippen molar-refractivity contribution in [1.82, 2.24) is 9.88 Å². The predicted molar refractivity (Wildman–Crippen MR) is 137 cm³/mol. The fourth-order valence-electron chi connectivity index (χ4n) is 3.73. The van der Waals surface area contributed by atoms with E-state index < -0.39 is 5.60 Å². The summed E-state index contributed by atoms with van der Waals surface area (Å²) in [6.07, 6.45) is 0.771. The highest BCUT2D eigenvalue weighted by molar-refractivity contribution is 7.22. The SMILES string of the molecule is CC(C)(Oc1ccc(Cl)cc1)C(=O)N(CCCN1CCOCC1)c1nc2ccc(F)cc2s1.Cl. The van der Waals surface area contributed by atoms with E-state index in [1.54, 1.807) is 49.1 Å². The third kappa shape index (κ3) is 6.58. The van der Waals surface area contributed by atoms with E-state index in [4.69, 9.17) is 21.1 Å². The van der Waals surface area contributed by atoms with Crippen LogP contribution in [0.15, 0.2) is 42.5 Å². The van der Waals surface area contributed by atoms with Crippen LogP contribution in [0.5, 0.6) is 5.75 Å². The van der Waals surface area contributed by atoms with Crippen molar-refractivity contribution in [2.75, 3.05) is 44.3 Å². The van der Waals surface area contributed by atoms with Crippen LogP contribution in [-0.4, -0.2) is 60.8 Å². The molecule has 2 heterocycles. The minimum Gasteiger partial charge on any atom is -0.478 e. The van der Waals surface area contributed by atoms with E-state index in [-0.39, 0.29) is 24.1 Å². The molecule has 1 amide bonds. The first-order valence-electron chi connectivity index (χ1n) is 10.9. The van der Waals surface area contributed by atoms with Gasteiger partial charge < -0.3 is 9.47 Å². The molecule has 6 nitrogen and oxygen atoms in total. The van der Waals surface area contributed by atoms with E-state index in [0.717, 1.165) is 39.3 Å². The number of carbonyl (C=O) groups excluding carboxylic acids is 1. The lowest BCUT2D eigenvalue weighted by atomic mass is 10.1. The maximum absolute atomic E-state index is 13.7. The zero-order valence-corrected chi connectivity index (χ0v) is 21.5. The number of hydrogen-bond donors (Lipinski definition) is 0. The Hall–Kier alpha value is -1.97. The van der Waals surface area contributed by atoms with Gasteiger partial charge in [-0.3, -0.25) is 14.6 Å². The number of amides is 1. The van der Waals surface area contributed by atoms with Gasteiger partial charge in [0.15, 0.2) is 10.7 Å². The minimum atomic E-state index is -1.14. The molecular formula is C24H28Cl2FN3O3S. The van der Waals surface area contributed by atoms with Gasteiger partial charge in [0.25, 0.3) is 5.91 Å². The Morgan fingerprint density at radius 3 is 2.65 bits per heavy atom. The first kappa shape index (κ1) is 26.6. The van der Waals surface area contributed by atoms with E-state index in [9.17, 15) is 9.18 Å². The summed E-state index contributed by atoms with van der Waals surface area (Å²) in [7, 11) is 0. The van der Waals surface area contributed by atoms with E-state index in [2.05, 4.69) is 9.88 Å². The Kier molecular flexibility index (Phi) is 9.12. The molecule has 0 atom stereocenters. The van der Waals surface area contributed by atoms with Gasteiger partial charge in [0.1, 0.15) is 11.6 Å². The van der Waals surface area contributed by atoms with Crippen LogP contribution in [-0.2, 0) is 9.53 Å². The van der Waals surface area contributed by atoms with E-state index in [1.165, 1.54) is 23.5 Å². The molecular weight excluding hydrogens is 500 g/mol. The maximum atomic E-state index is 13.7. The van der Waals surface area contributed by atoms with Crippen LogP contribution in [0.4, 0.5) is 9.52 Å². The molecule has 10 heteroatoms. The molecule has 1 aliphatic heterocycles. The summed E-state index contributed by atoms with van der Waals surface area (Å²) >= 11 is 7.28. The summed E-state index contributed by atoms with van der Waals surface area (Å²) in [6.45, 7) is 8.05. The summed E-state index contributed by atoms with van der Waals surface area (Å²) in [5, 5.41) is 1.13. The molecule has 0 aliphatic carbocycles. The van der Waals surface area contributed by atoms with E-state index in [0.29, 0.717) is 32.7 Å². The zero-order chi connectivity index (χ0) is 23.4. The zero-order valence-electron chi connectivity index (χ0n) is 19.1. The Morgan fingerprint density at radius 1 is 1.24 bits per heavy atom. The second-order valence-corrected chi connectivity index (χ2v) is 9.88. The van der Waals surface area contributed by atoms with Crippen molar-refractivity contribution in [3.05, 3.63) is 53.3 Å². The monoisotopic (exact) mass is 527 g/mol. The highest BCUT2D eigenvalue weighted by Gasteiger charge is 2.36. The molecule has 4 rings (SSSR count). The topological polar surface area (TPSA) is 54.9 Å². The summed E-state index contributed by atoms with van der Waals surface area (Å²) < 4.78 is 25.9. The standard InChI is InChI=1S/C24H27ClFN3O3S.ClH/c1-24(2,32-19-7-4-17(25)5-8-19)22(30)29(11-3-10-28-12-14-31-15-13-28)23-27-20-9-6-18(26)16-21(20)33-23;/h4-9,16H,3,10-15H2,1-2H3;1H. The second-order valence-electron chi connectivity index (χ2n) is 8.44. The maximum Gasteiger partial charge on any atom is 0.272 e. The number of aromatic nitrogens is 1. The number of fused-ring (bicyclic) bond motifs is 1. The average Bonchev–Trinajstić information content (AvgIpc) is 3.21. The van der Waals surface area contributed by atoms with Gasteiger partial charge in [-0.2, -0.15) is 0 Å². The van der Waals surface area contributed by atoms with Gasteiger partial charge in [-0.25, -0.2) is 9.37 Å². The number of morpholine rings is 1. The summed E-state index contributed by atoms with van der Waals surface area (Å²) in [5.41, 5.74) is -0.477. The lowest BCUT2D eigenvalue weighted by Crippen LogP contribution is -2.50. The van der Waals surface area contributed by atoms with Crippen molar-refractivity contribution in [3.8, 4) is 5.75 Å². The van der Waals surface area contributed by atoms with E-state index >= 15 is 0 Å². The number of ether oxygens (including phenoxy) is 2. The van der Waals surface area contributed by atoms with Crippen LogP contribution in [0.3, 0.4) is 0 Å². The van der Waals surface area contributed by atoms with Crippen molar-refractivity contribution >= 4 is 56.6 Å². The minimum absolute atomic E-state index is 0. The number of hydrogen-bond acceptors (Lipinski definition) is 6. The van der Waals surface area contributed by atoms with Gasteiger partial charge in [0, 0.05) is 31.2 Å². The van der Waals surface area contributed by atoms with Crippen LogP contribution in [0.1, 0.15) is 20.3 Å². The van der Waals surface area contributed by atoms with Gasteiger partial charge in [-0.1, -0.05) is 22.9 Å². The highest BCUT2D eigenvalue weighted by Crippen LogP contribution is 2.32. The van der Waals surface area contributed by atoms with E-state index in [1.807, 2.05) is 0 Å². The fourth-order valence-corrected chi connectivity index (χ4v) is 4.87. The predicted octanol–water partition coefficient (Wildman–Crippen LogP) is 5.42. The van der Waals surface area contributed by atoms with Crippen LogP contribution in [0.2, 0.25) is 5.02 Å². The van der Waals surface area contributed by atoms with Crippen molar-refractivity contribution in [1.29, 1.82) is 0 Å². The molecule has 2 aromatic carbocycles. The number of anilines is 1. The Morgan fingerprint density at radius 2 is 1.94 bits per heavy atom. The lowest BCUT2D eigenvalue weighted by Gasteiger charge is -2.32. The normalized spacial score (nSPS) is 14.6. The van der Waals surface area contributed by atoms with Gasteiger partial charge in [-0.05, 0) is 62.7 Å². The average molecular weight is 528 g/mol. The van der Waals surface area contributed by atoms with Crippen molar-refractivity contribution < 1.29 is 18.7 Å². The molecule has 0 saturated carbocycles. The van der Waals surface area contributed by atoms with Gasteiger partial charge >= 0.3 is 0 Å². The Balaban J connectivity index is 0.00000324. The molecule has 0 bridgehead atoms. The molecule has 0 N–H and O–H groups in total. The molecule has 1 fully saturated rings. The van der Waals surface area contributed by atoms with Crippen molar-refractivity contribution in [3.63, 3.8) is 0 Å². The summed E-state index contributed by atoms with van der Waals surface area (Å²) in [4.78, 5) is 22.3. The number of thiazole rings is 1. The first-order valence-corrected chi connectivity index (χ1v) is 12.1. The van der Waals surface area contributed by atoms with Crippen LogP contribution >= 0.6 is 35.3 Å². The number of halogens is 3. The summed E-state index contributed by atoms with van der Waals surface area (Å²) in [6, 6.07) is 11.4. The van der Waals surface area contributed by atoms with Gasteiger partial charge in [-0.15, -0.1) is 12.4 Å². The van der Waals surface area contributed by atoms with Crippen LogP contribution < -0.4 is 9.64 Å². The molecule has 184 valence electrons. The number of benzene rings is 2. The number of rotatable bonds is 8. The highest BCUT2D eigenvalue weighted by atomic mass is 35.5. The quantitative estimate of drug-likeness (QED) is 0.391. The molecule has 0 unspecified atom stereocenters. The Bertz CT molecular complexity index is 1100. The molecule has 0 radical (unpaired) electrons. The molecule has 0 spiro atoms. The van der Waals surface area contributed by atoms with Gasteiger partial charge in [0.2, 0.25) is 0 Å². The molecule has 1 aromatic heterocycles. The van der Waals surface area contributed by atoms with Crippen LogP contribution in [0, 0.1) is 5.82 Å². The molecule has 3 aromatic rings. The fraction of sp³-hybridized carbons (Fsp3) is 0.417. The molecule has 1 aliphatic rings. The first-order chi connectivity index (χ1) is 15.8. The lowest BCUT2D eigenvalue weighted by molar-refractivity contribution is -0.131.